The summed E-state index contributed by atoms with van der Waals surface area (Å²) in [5.74, 6) is 0.464. The molecular formula is C44H46FN9O4. The number of aromatic nitrogens is 5. The molecule has 3 aromatic heterocycles. The number of hydrogen-bond donors (Lipinski definition) is 4. The van der Waals surface area contributed by atoms with Crippen LogP contribution in [-0.2, 0) is 14.3 Å². The highest BCUT2D eigenvalue weighted by atomic mass is 19.1. The van der Waals surface area contributed by atoms with Gasteiger partial charge in [0, 0.05) is 41.4 Å². The molecule has 2 aliphatic heterocycles. The van der Waals surface area contributed by atoms with Crippen LogP contribution < -0.4 is 11.1 Å². The number of likely N-dealkylation sites (tertiary alicyclic amines) is 2. The summed E-state index contributed by atoms with van der Waals surface area (Å²) in [6.07, 6.45) is 7.69. The first kappa shape index (κ1) is 38.5. The zero-order chi connectivity index (χ0) is 40.5. The minimum absolute atomic E-state index is 0.127. The van der Waals surface area contributed by atoms with Gasteiger partial charge < -0.3 is 35.6 Å². The van der Waals surface area contributed by atoms with Crippen molar-refractivity contribution in [3.63, 3.8) is 0 Å². The van der Waals surface area contributed by atoms with E-state index in [1.807, 2.05) is 74.5 Å². The number of nitrogens with two attached hydrogens (primary N) is 1. The Morgan fingerprint density at radius 2 is 1.41 bits per heavy atom. The first-order valence-electron chi connectivity index (χ1n) is 19.7. The molecule has 0 radical (unpaired) electrons. The molecule has 3 amide bonds. The Hall–Kier alpha value is -6.41. The quantitative estimate of drug-likeness (QED) is 0.113. The number of ether oxygens (including phenoxy) is 1. The Bertz CT molecular complexity index is 2470. The highest BCUT2D eigenvalue weighted by molar-refractivity contribution is 5.89. The fourth-order valence-corrected chi connectivity index (χ4v) is 8.14. The summed E-state index contributed by atoms with van der Waals surface area (Å²) >= 11 is 0. The maximum atomic E-state index is 15.8. The summed E-state index contributed by atoms with van der Waals surface area (Å²) in [5.41, 5.74) is 11.0. The third-order valence-corrected chi connectivity index (χ3v) is 11.3. The lowest BCUT2D eigenvalue weighted by atomic mass is 10.0. The number of H-pyrrole nitrogens is 2. The summed E-state index contributed by atoms with van der Waals surface area (Å²) in [7, 11) is 1.28. The number of alkyl carbamates (subject to hydrolysis) is 1. The van der Waals surface area contributed by atoms with Crippen LogP contribution in [0.15, 0.2) is 91.4 Å². The number of nitrogens with one attached hydrogen (secondary N) is 3. The summed E-state index contributed by atoms with van der Waals surface area (Å²) in [5, 5.41) is 4.45. The fourth-order valence-electron chi connectivity index (χ4n) is 8.14. The molecule has 58 heavy (non-hydrogen) atoms. The molecule has 5 heterocycles. The largest absolute Gasteiger partial charge is 0.453 e. The van der Waals surface area contributed by atoms with Gasteiger partial charge in [-0.25, -0.2) is 19.2 Å². The topological polar surface area (TPSA) is 175 Å². The van der Waals surface area contributed by atoms with E-state index in [9.17, 15) is 14.4 Å². The lowest BCUT2D eigenvalue weighted by Gasteiger charge is -2.30. The molecule has 0 bridgehead atoms. The Morgan fingerprint density at radius 1 is 0.793 bits per heavy atom. The highest BCUT2D eigenvalue weighted by Gasteiger charge is 2.38. The van der Waals surface area contributed by atoms with Crippen LogP contribution in [0.25, 0.3) is 44.5 Å². The predicted molar refractivity (Wildman–Crippen MR) is 217 cm³/mol. The van der Waals surface area contributed by atoms with E-state index in [2.05, 4.69) is 30.2 Å². The molecule has 5 N–H and O–H groups in total. The van der Waals surface area contributed by atoms with Crippen molar-refractivity contribution in [3.8, 4) is 33.8 Å². The van der Waals surface area contributed by atoms with E-state index < -0.39 is 24.0 Å². The number of halogens is 1. The number of aromatic amines is 2. The van der Waals surface area contributed by atoms with Crippen LogP contribution in [-0.4, -0.2) is 78.9 Å². The average molecular weight is 784 g/mol. The van der Waals surface area contributed by atoms with Gasteiger partial charge in [-0.1, -0.05) is 62.4 Å². The van der Waals surface area contributed by atoms with Crippen LogP contribution in [0.3, 0.4) is 0 Å². The van der Waals surface area contributed by atoms with Crippen molar-refractivity contribution >= 4 is 28.7 Å². The molecule has 298 valence electrons. The molecule has 4 atom stereocenters. The predicted octanol–water partition coefficient (Wildman–Crippen LogP) is 7.23. The van der Waals surface area contributed by atoms with Crippen LogP contribution in [0.2, 0.25) is 0 Å². The van der Waals surface area contributed by atoms with Crippen LogP contribution in [0.1, 0.15) is 74.9 Å². The fraction of sp³-hybridized carbons (Fsp3) is 0.318. The number of fused-ring (bicyclic) bond motifs is 1. The van der Waals surface area contributed by atoms with Crippen LogP contribution in [0.5, 0.6) is 0 Å². The summed E-state index contributed by atoms with van der Waals surface area (Å²) in [6.45, 7) is 4.93. The molecule has 0 saturated carbocycles. The normalized spacial score (nSPS) is 17.8. The van der Waals surface area contributed by atoms with E-state index in [4.69, 9.17) is 10.5 Å². The Balaban J connectivity index is 0.959. The molecule has 0 unspecified atom stereocenters. The third kappa shape index (κ3) is 7.54. The van der Waals surface area contributed by atoms with E-state index in [0.29, 0.717) is 47.3 Å². The van der Waals surface area contributed by atoms with E-state index in [-0.39, 0.29) is 29.8 Å². The van der Waals surface area contributed by atoms with Gasteiger partial charge in [0.2, 0.25) is 11.8 Å². The standard InChI is InChI=1S/C44H46FN9O4/c1-25(2)39(52-44(57)58-3)43(56)54-18-8-12-37(54)41-48-23-34(50-41)28-14-13-27-21-33(47-22-30(27)19-28)31-16-15-29(20-32(31)45)35-24-49-40(51-35)36-11-7-17-53(36)42(55)38(46)26-9-5-4-6-10-26/h4-6,9-10,13-16,19-25,36-39H,7-8,11-12,17-18,46H2,1-3H3,(H,48,50)(H,49,51)(H,52,57)/t36-,37-,38+,39-/m0/s1. The number of carbonyl (C=O) groups is 3. The number of methoxy groups -OCH3 is 1. The third-order valence-electron chi connectivity index (χ3n) is 11.3. The Kier molecular flexibility index (Phi) is 10.8. The summed E-state index contributed by atoms with van der Waals surface area (Å²) in [6, 6.07) is 20.2. The lowest BCUT2D eigenvalue weighted by Crippen LogP contribution is -2.51. The molecule has 13 nitrogen and oxygen atoms in total. The minimum Gasteiger partial charge on any atom is -0.453 e. The van der Waals surface area contributed by atoms with Crippen LogP contribution in [0.4, 0.5) is 9.18 Å². The molecule has 8 rings (SSSR count). The van der Waals surface area contributed by atoms with Crippen molar-refractivity contribution in [1.82, 2.24) is 40.0 Å². The maximum Gasteiger partial charge on any atom is 0.407 e. The van der Waals surface area contributed by atoms with Crippen molar-refractivity contribution < 1.29 is 23.5 Å². The molecule has 0 spiro atoms. The number of nitrogens with zero attached hydrogens (tertiary/aromatic N) is 5. The molecular weight excluding hydrogens is 738 g/mol. The smallest absolute Gasteiger partial charge is 0.407 e. The van der Waals surface area contributed by atoms with Crippen LogP contribution in [0, 0.1) is 11.7 Å². The molecule has 2 saturated heterocycles. The second-order valence-electron chi connectivity index (χ2n) is 15.3. The minimum atomic E-state index is -0.759. The number of rotatable bonds is 10. The number of benzene rings is 3. The van der Waals surface area contributed by atoms with Crippen molar-refractivity contribution in [2.24, 2.45) is 11.7 Å². The van der Waals surface area contributed by atoms with E-state index in [1.165, 1.54) is 13.2 Å². The summed E-state index contributed by atoms with van der Waals surface area (Å²) in [4.78, 5) is 63.2. The van der Waals surface area contributed by atoms with Gasteiger partial charge in [0.15, 0.2) is 0 Å². The van der Waals surface area contributed by atoms with Gasteiger partial charge in [-0.2, -0.15) is 0 Å². The molecule has 2 aliphatic rings. The van der Waals surface area contributed by atoms with Gasteiger partial charge in [-0.3, -0.25) is 14.6 Å². The average Bonchev–Trinajstić information content (AvgIpc) is 4.09. The van der Waals surface area contributed by atoms with Crippen LogP contribution >= 0.6 is 0 Å². The van der Waals surface area contributed by atoms with Gasteiger partial charge in [-0.05, 0) is 66.8 Å². The van der Waals surface area contributed by atoms with Gasteiger partial charge >= 0.3 is 6.09 Å². The number of pyridine rings is 1. The van der Waals surface area contributed by atoms with Gasteiger partial charge in [0.05, 0.1) is 48.7 Å². The number of carbonyl (C=O) groups excluding carboxylic acids is 3. The van der Waals surface area contributed by atoms with E-state index in [1.54, 1.807) is 34.5 Å². The molecule has 2 fully saturated rings. The van der Waals surface area contributed by atoms with Gasteiger partial charge in [0.25, 0.3) is 0 Å². The molecule has 6 aromatic rings. The second kappa shape index (κ2) is 16.2. The number of amides is 3. The lowest BCUT2D eigenvalue weighted by molar-refractivity contribution is -0.135. The molecule has 14 heteroatoms. The summed E-state index contributed by atoms with van der Waals surface area (Å²) < 4.78 is 20.5. The van der Waals surface area contributed by atoms with E-state index in [0.717, 1.165) is 53.3 Å². The number of imidazole rings is 2. The monoisotopic (exact) mass is 783 g/mol. The van der Waals surface area contributed by atoms with Crippen molar-refractivity contribution in [1.29, 1.82) is 0 Å². The zero-order valence-corrected chi connectivity index (χ0v) is 32.6. The maximum absolute atomic E-state index is 15.8. The number of hydrogen-bond acceptors (Lipinski definition) is 8. The second-order valence-corrected chi connectivity index (χ2v) is 15.3. The Labute approximate surface area is 335 Å². The zero-order valence-electron chi connectivity index (χ0n) is 32.6. The first-order chi connectivity index (χ1) is 28.1. The van der Waals surface area contributed by atoms with Gasteiger partial charge in [-0.15, -0.1) is 0 Å². The first-order valence-corrected chi connectivity index (χ1v) is 19.7. The Morgan fingerprint density at radius 3 is 2.03 bits per heavy atom. The molecule has 3 aromatic carbocycles. The molecule has 0 aliphatic carbocycles. The van der Waals surface area contributed by atoms with Crippen molar-refractivity contribution in [2.75, 3.05) is 20.2 Å². The van der Waals surface area contributed by atoms with Gasteiger partial charge in [0.1, 0.15) is 29.5 Å². The highest BCUT2D eigenvalue weighted by Crippen LogP contribution is 2.36. The van der Waals surface area contributed by atoms with Crippen molar-refractivity contribution in [3.05, 3.63) is 114 Å². The van der Waals surface area contributed by atoms with E-state index >= 15 is 4.39 Å². The SMILES string of the molecule is COC(=O)N[C@H](C(=O)N1CCC[C@H]1c1ncc(-c2ccc3cc(-c4ccc(-c5cnc([C@@H]6CCCN6C(=O)[C@H](N)c6ccccc6)[nH]5)cc4F)ncc3c2)[nH]1)C(C)C. The van der Waals surface area contributed by atoms with Crippen molar-refractivity contribution in [2.45, 2.75) is 63.7 Å².